The second-order valence-corrected chi connectivity index (χ2v) is 6.29. The number of amides is 1. The standard InChI is InChI=1S/C20H29F3N2O3/c1-4-7-18(19(26)25-10-6-12-27-11-5-2)28-16-9-8-15(14-24-3)17(13-16)20(21,22)23/h8-9,13-14,18H,4-7,10-12H2,1-3H3,(H,25,26). The summed E-state index contributed by atoms with van der Waals surface area (Å²) in [4.78, 5) is 16.0. The van der Waals surface area contributed by atoms with Crippen LogP contribution in [0.5, 0.6) is 5.75 Å². The number of carbonyl (C=O) groups is 1. The number of nitrogens with one attached hydrogen (secondary N) is 1. The number of benzene rings is 1. The fraction of sp³-hybridized carbons (Fsp3) is 0.600. The monoisotopic (exact) mass is 402 g/mol. The van der Waals surface area contributed by atoms with Gasteiger partial charge in [0.1, 0.15) is 5.75 Å². The van der Waals surface area contributed by atoms with Crippen molar-refractivity contribution in [1.82, 2.24) is 5.32 Å². The summed E-state index contributed by atoms with van der Waals surface area (Å²) in [6.45, 7) is 5.54. The van der Waals surface area contributed by atoms with Crippen molar-refractivity contribution in [2.24, 2.45) is 4.99 Å². The first-order valence-corrected chi connectivity index (χ1v) is 9.49. The van der Waals surface area contributed by atoms with Gasteiger partial charge in [-0.1, -0.05) is 20.3 Å². The molecule has 1 atom stereocenters. The molecule has 1 rings (SSSR count). The van der Waals surface area contributed by atoms with Crippen LogP contribution in [0.15, 0.2) is 23.2 Å². The van der Waals surface area contributed by atoms with Crippen molar-refractivity contribution >= 4 is 12.1 Å². The molecule has 1 unspecified atom stereocenters. The molecule has 0 bridgehead atoms. The number of hydrogen-bond acceptors (Lipinski definition) is 4. The number of ether oxygens (including phenoxy) is 2. The van der Waals surface area contributed by atoms with Gasteiger partial charge >= 0.3 is 6.18 Å². The number of halogens is 3. The van der Waals surface area contributed by atoms with Gasteiger partial charge in [0, 0.05) is 38.6 Å². The third-order valence-corrected chi connectivity index (χ3v) is 3.83. The first-order valence-electron chi connectivity index (χ1n) is 9.49. The molecule has 0 fully saturated rings. The molecule has 28 heavy (non-hydrogen) atoms. The predicted molar refractivity (Wildman–Crippen MR) is 103 cm³/mol. The van der Waals surface area contributed by atoms with Crippen LogP contribution in [-0.4, -0.2) is 45.0 Å². The molecular formula is C20H29F3N2O3. The molecule has 0 radical (unpaired) electrons. The van der Waals surface area contributed by atoms with Crippen LogP contribution >= 0.6 is 0 Å². The second kappa shape index (κ2) is 12.4. The van der Waals surface area contributed by atoms with Crippen LogP contribution in [0, 0.1) is 0 Å². The highest BCUT2D eigenvalue weighted by Gasteiger charge is 2.34. The average Bonchev–Trinajstić information content (AvgIpc) is 2.64. The highest BCUT2D eigenvalue weighted by Crippen LogP contribution is 2.34. The van der Waals surface area contributed by atoms with Gasteiger partial charge in [0.2, 0.25) is 0 Å². The minimum absolute atomic E-state index is 0.000423. The number of carbonyl (C=O) groups excluding carboxylic acids is 1. The molecule has 0 saturated carbocycles. The van der Waals surface area contributed by atoms with Gasteiger partial charge in [-0.15, -0.1) is 0 Å². The number of rotatable bonds is 12. The van der Waals surface area contributed by atoms with Crippen molar-refractivity contribution in [3.05, 3.63) is 29.3 Å². The summed E-state index contributed by atoms with van der Waals surface area (Å²) in [6, 6.07) is 3.61. The quantitative estimate of drug-likeness (QED) is 0.420. The van der Waals surface area contributed by atoms with E-state index in [1.165, 1.54) is 19.2 Å². The topological polar surface area (TPSA) is 59.9 Å². The molecule has 1 N–H and O–H groups in total. The van der Waals surface area contributed by atoms with Crippen LogP contribution in [0.1, 0.15) is 50.7 Å². The maximum Gasteiger partial charge on any atom is 0.417 e. The smallest absolute Gasteiger partial charge is 0.417 e. The molecular weight excluding hydrogens is 373 g/mol. The van der Waals surface area contributed by atoms with Crippen molar-refractivity contribution < 1.29 is 27.4 Å². The Balaban J connectivity index is 2.78. The van der Waals surface area contributed by atoms with Crippen LogP contribution in [0.3, 0.4) is 0 Å². The zero-order valence-corrected chi connectivity index (χ0v) is 16.6. The van der Waals surface area contributed by atoms with Crippen molar-refractivity contribution in [1.29, 1.82) is 0 Å². The van der Waals surface area contributed by atoms with Crippen LogP contribution in [0.25, 0.3) is 0 Å². The van der Waals surface area contributed by atoms with Gasteiger partial charge in [-0.3, -0.25) is 9.79 Å². The lowest BCUT2D eigenvalue weighted by molar-refractivity contribution is -0.137. The Morgan fingerprint density at radius 1 is 1.25 bits per heavy atom. The Kier molecular flexibility index (Phi) is 10.6. The number of nitrogens with zero attached hydrogens (tertiary/aromatic N) is 1. The molecule has 0 aromatic heterocycles. The highest BCUT2D eigenvalue weighted by molar-refractivity contribution is 5.83. The molecule has 0 aliphatic rings. The Bertz CT molecular complexity index is 634. The largest absolute Gasteiger partial charge is 0.481 e. The van der Waals surface area contributed by atoms with Crippen LogP contribution < -0.4 is 10.1 Å². The number of hydrogen-bond donors (Lipinski definition) is 1. The van der Waals surface area contributed by atoms with Crippen molar-refractivity contribution in [2.45, 2.75) is 51.8 Å². The summed E-state index contributed by atoms with van der Waals surface area (Å²) in [6.07, 6.45) is -1.61. The van der Waals surface area contributed by atoms with Gasteiger partial charge in [0.15, 0.2) is 6.10 Å². The Morgan fingerprint density at radius 2 is 2.00 bits per heavy atom. The van der Waals surface area contributed by atoms with E-state index in [9.17, 15) is 18.0 Å². The molecule has 158 valence electrons. The van der Waals surface area contributed by atoms with E-state index in [-0.39, 0.29) is 17.2 Å². The third kappa shape index (κ3) is 8.29. The van der Waals surface area contributed by atoms with E-state index in [1.54, 1.807) is 0 Å². The third-order valence-electron chi connectivity index (χ3n) is 3.83. The summed E-state index contributed by atoms with van der Waals surface area (Å²) in [5.41, 5.74) is -0.898. The predicted octanol–water partition coefficient (Wildman–Crippen LogP) is 4.23. The fourth-order valence-electron chi connectivity index (χ4n) is 2.52. The van der Waals surface area contributed by atoms with Gasteiger partial charge < -0.3 is 14.8 Å². The summed E-state index contributed by atoms with van der Waals surface area (Å²) < 4.78 is 50.8. The van der Waals surface area contributed by atoms with Crippen LogP contribution in [0.2, 0.25) is 0 Å². The SMILES string of the molecule is CCCOCCCNC(=O)C(CCC)Oc1ccc(C=NC)c(C(F)(F)F)c1. The lowest BCUT2D eigenvalue weighted by atomic mass is 10.1. The summed E-state index contributed by atoms with van der Waals surface area (Å²) in [7, 11) is 1.40. The number of alkyl halides is 3. The van der Waals surface area contributed by atoms with E-state index >= 15 is 0 Å². The Labute approximate surface area is 164 Å². The zero-order chi connectivity index (χ0) is 21.0. The molecule has 5 nitrogen and oxygen atoms in total. The molecule has 1 aromatic rings. The minimum atomic E-state index is -4.54. The zero-order valence-electron chi connectivity index (χ0n) is 16.6. The van der Waals surface area contributed by atoms with Gasteiger partial charge in [-0.25, -0.2) is 0 Å². The maximum absolute atomic E-state index is 13.3. The van der Waals surface area contributed by atoms with E-state index in [0.717, 1.165) is 18.7 Å². The molecule has 0 saturated heterocycles. The van der Waals surface area contributed by atoms with Crippen LogP contribution in [0.4, 0.5) is 13.2 Å². The first kappa shape index (κ1) is 23.9. The second-order valence-electron chi connectivity index (χ2n) is 6.29. The molecule has 0 aliphatic heterocycles. The lowest BCUT2D eigenvalue weighted by Crippen LogP contribution is -2.39. The molecule has 1 amide bonds. The minimum Gasteiger partial charge on any atom is -0.481 e. The molecule has 0 heterocycles. The normalized spacial score (nSPS) is 12.9. The summed E-state index contributed by atoms with van der Waals surface area (Å²) >= 11 is 0. The summed E-state index contributed by atoms with van der Waals surface area (Å²) in [5, 5.41) is 2.75. The molecule has 1 aromatic carbocycles. The first-order chi connectivity index (χ1) is 13.3. The van der Waals surface area contributed by atoms with Gasteiger partial charge in [0.25, 0.3) is 5.91 Å². The summed E-state index contributed by atoms with van der Waals surface area (Å²) in [5.74, 6) is -0.342. The van der Waals surface area contributed by atoms with E-state index < -0.39 is 17.8 Å². The van der Waals surface area contributed by atoms with Gasteiger partial charge in [-0.2, -0.15) is 13.2 Å². The maximum atomic E-state index is 13.3. The van der Waals surface area contributed by atoms with E-state index in [4.69, 9.17) is 9.47 Å². The number of aliphatic imine (C=N–C) groups is 1. The highest BCUT2D eigenvalue weighted by atomic mass is 19.4. The van der Waals surface area contributed by atoms with Gasteiger partial charge in [-0.05, 0) is 37.5 Å². The van der Waals surface area contributed by atoms with E-state index in [0.29, 0.717) is 39.0 Å². The molecule has 8 heteroatoms. The van der Waals surface area contributed by atoms with Crippen molar-refractivity contribution in [2.75, 3.05) is 26.8 Å². The van der Waals surface area contributed by atoms with E-state index in [1.807, 2.05) is 13.8 Å². The van der Waals surface area contributed by atoms with Gasteiger partial charge in [0.05, 0.1) is 5.56 Å². The fourth-order valence-corrected chi connectivity index (χ4v) is 2.52. The average molecular weight is 402 g/mol. The van der Waals surface area contributed by atoms with Crippen molar-refractivity contribution in [3.63, 3.8) is 0 Å². The van der Waals surface area contributed by atoms with E-state index in [2.05, 4.69) is 10.3 Å². The lowest BCUT2D eigenvalue weighted by Gasteiger charge is -2.20. The molecule has 0 aliphatic carbocycles. The Morgan fingerprint density at radius 3 is 2.61 bits per heavy atom. The Hall–Kier alpha value is -2.09. The molecule has 0 spiro atoms. The van der Waals surface area contributed by atoms with Crippen molar-refractivity contribution in [3.8, 4) is 5.75 Å². The van der Waals surface area contributed by atoms with Crippen LogP contribution in [-0.2, 0) is 15.7 Å².